The second-order valence-corrected chi connectivity index (χ2v) is 5.58. The maximum Gasteiger partial charge on any atom is 0.273 e. The van der Waals surface area contributed by atoms with Gasteiger partial charge in [0.2, 0.25) is 5.91 Å². The molecule has 0 aliphatic heterocycles. The third-order valence-corrected chi connectivity index (χ3v) is 4.06. The van der Waals surface area contributed by atoms with Gasteiger partial charge in [0.15, 0.2) is 0 Å². The second kappa shape index (κ2) is 6.18. The van der Waals surface area contributed by atoms with Gasteiger partial charge in [-0.05, 0) is 11.1 Å². The van der Waals surface area contributed by atoms with E-state index in [0.717, 1.165) is 11.1 Å². The molecule has 0 bridgehead atoms. The van der Waals surface area contributed by atoms with Crippen molar-refractivity contribution in [3.05, 3.63) is 75.3 Å². The van der Waals surface area contributed by atoms with Crippen molar-refractivity contribution in [1.29, 1.82) is 0 Å². The smallest absolute Gasteiger partial charge is 0.273 e. The van der Waals surface area contributed by atoms with Crippen LogP contribution < -0.4 is 5.32 Å². The number of nitro groups is 1. The minimum atomic E-state index is -0.679. The minimum absolute atomic E-state index is 0.0741. The first-order valence-corrected chi connectivity index (χ1v) is 7.34. The lowest BCUT2D eigenvalue weighted by Crippen LogP contribution is -2.34. The van der Waals surface area contributed by atoms with Crippen molar-refractivity contribution < 1.29 is 14.8 Å². The van der Waals surface area contributed by atoms with E-state index < -0.39 is 17.1 Å². The van der Waals surface area contributed by atoms with Gasteiger partial charge in [0, 0.05) is 18.1 Å². The maximum absolute atomic E-state index is 12.3. The van der Waals surface area contributed by atoms with Gasteiger partial charge in [-0.1, -0.05) is 42.5 Å². The predicted octanol–water partition coefficient (Wildman–Crippen LogP) is 1.91. The maximum atomic E-state index is 12.3. The lowest BCUT2D eigenvalue weighted by atomic mass is 10.1. The van der Waals surface area contributed by atoms with Crippen molar-refractivity contribution >= 4 is 11.6 Å². The summed E-state index contributed by atoms with van der Waals surface area (Å²) in [5.41, 5.74) is 2.19. The van der Waals surface area contributed by atoms with Crippen molar-refractivity contribution in [2.45, 2.75) is 25.0 Å². The number of nitrogens with one attached hydrogen (secondary N) is 1. The lowest BCUT2D eigenvalue weighted by molar-refractivity contribution is -0.385. The van der Waals surface area contributed by atoms with Gasteiger partial charge in [-0.15, -0.1) is 0 Å². The molecule has 0 heterocycles. The van der Waals surface area contributed by atoms with Crippen molar-refractivity contribution in [2.24, 2.45) is 0 Å². The SMILES string of the molecule is O=C(Cc1ccccc1[N+](=O)[O-])NC1c2ccccc2CC1O. The molecule has 3 rings (SSSR count). The van der Waals surface area contributed by atoms with Gasteiger partial charge in [-0.3, -0.25) is 14.9 Å². The van der Waals surface area contributed by atoms with Crippen LogP contribution >= 0.6 is 0 Å². The molecule has 1 aliphatic rings. The Kier molecular flexibility index (Phi) is 4.08. The average Bonchev–Trinajstić information content (AvgIpc) is 2.83. The zero-order chi connectivity index (χ0) is 16.4. The molecule has 2 unspecified atom stereocenters. The first-order valence-electron chi connectivity index (χ1n) is 7.34. The molecule has 118 valence electrons. The molecule has 0 aromatic heterocycles. The number of aliphatic hydroxyl groups excluding tert-OH is 1. The monoisotopic (exact) mass is 312 g/mol. The molecule has 6 nitrogen and oxygen atoms in total. The Morgan fingerprint density at radius 3 is 2.70 bits per heavy atom. The Hall–Kier alpha value is -2.73. The topological polar surface area (TPSA) is 92.5 Å². The predicted molar refractivity (Wildman–Crippen MR) is 83.8 cm³/mol. The quantitative estimate of drug-likeness (QED) is 0.666. The molecule has 1 amide bonds. The van der Waals surface area contributed by atoms with Crippen molar-refractivity contribution in [1.82, 2.24) is 5.32 Å². The first-order chi connectivity index (χ1) is 11.1. The van der Waals surface area contributed by atoms with Crippen LogP contribution in [0.15, 0.2) is 48.5 Å². The molecule has 2 aromatic carbocycles. The molecular formula is C17H16N2O4. The number of aliphatic hydroxyl groups is 1. The highest BCUT2D eigenvalue weighted by Gasteiger charge is 2.32. The largest absolute Gasteiger partial charge is 0.390 e. The number of fused-ring (bicyclic) bond motifs is 1. The van der Waals surface area contributed by atoms with Crippen LogP contribution in [-0.4, -0.2) is 22.0 Å². The van der Waals surface area contributed by atoms with Gasteiger partial charge in [0.25, 0.3) is 5.69 Å². The standard InChI is InChI=1S/C17H16N2O4/c20-15-9-11-5-1-3-7-13(11)17(15)18-16(21)10-12-6-2-4-8-14(12)19(22)23/h1-8,15,17,20H,9-10H2,(H,18,21). The highest BCUT2D eigenvalue weighted by atomic mass is 16.6. The van der Waals surface area contributed by atoms with E-state index in [1.807, 2.05) is 24.3 Å². The van der Waals surface area contributed by atoms with E-state index in [4.69, 9.17) is 0 Å². The van der Waals surface area contributed by atoms with Gasteiger partial charge in [0.05, 0.1) is 23.5 Å². The van der Waals surface area contributed by atoms with Gasteiger partial charge in [0.1, 0.15) is 0 Å². The number of hydrogen-bond donors (Lipinski definition) is 2. The number of amides is 1. The Labute approximate surface area is 132 Å². The summed E-state index contributed by atoms with van der Waals surface area (Å²) in [6, 6.07) is 13.3. The molecule has 0 fully saturated rings. The zero-order valence-electron chi connectivity index (χ0n) is 12.3. The fraction of sp³-hybridized carbons (Fsp3) is 0.235. The van der Waals surface area contributed by atoms with Crippen LogP contribution in [0.2, 0.25) is 0 Å². The van der Waals surface area contributed by atoms with E-state index in [9.17, 15) is 20.0 Å². The highest BCUT2D eigenvalue weighted by Crippen LogP contribution is 2.31. The number of nitro benzene ring substituents is 1. The molecule has 0 radical (unpaired) electrons. The van der Waals surface area contributed by atoms with E-state index >= 15 is 0 Å². The molecule has 1 aliphatic carbocycles. The molecule has 2 atom stereocenters. The Morgan fingerprint density at radius 2 is 1.91 bits per heavy atom. The zero-order valence-corrected chi connectivity index (χ0v) is 12.3. The molecule has 0 saturated carbocycles. The van der Waals surface area contributed by atoms with E-state index in [2.05, 4.69) is 5.32 Å². The average molecular weight is 312 g/mol. The molecule has 0 spiro atoms. The number of rotatable bonds is 4. The van der Waals surface area contributed by atoms with Gasteiger partial charge >= 0.3 is 0 Å². The molecule has 23 heavy (non-hydrogen) atoms. The van der Waals surface area contributed by atoms with Gasteiger partial charge < -0.3 is 10.4 Å². The van der Waals surface area contributed by atoms with Crippen LogP contribution in [0.25, 0.3) is 0 Å². The summed E-state index contributed by atoms with van der Waals surface area (Å²) < 4.78 is 0. The van der Waals surface area contributed by atoms with Gasteiger partial charge in [-0.25, -0.2) is 0 Å². The van der Waals surface area contributed by atoms with Crippen LogP contribution in [0.1, 0.15) is 22.7 Å². The summed E-state index contributed by atoms with van der Waals surface area (Å²) in [6.07, 6.45) is -0.281. The van der Waals surface area contributed by atoms with Crippen LogP contribution in [0.5, 0.6) is 0 Å². The third-order valence-electron chi connectivity index (χ3n) is 4.06. The molecule has 2 N–H and O–H groups in total. The van der Waals surface area contributed by atoms with E-state index in [1.165, 1.54) is 6.07 Å². The fourth-order valence-corrected chi connectivity index (χ4v) is 2.98. The summed E-state index contributed by atoms with van der Waals surface area (Å²) in [5.74, 6) is -0.347. The summed E-state index contributed by atoms with van der Waals surface area (Å²) in [6.45, 7) is 0. The van der Waals surface area contributed by atoms with Crippen LogP contribution in [0.3, 0.4) is 0 Å². The van der Waals surface area contributed by atoms with Crippen LogP contribution in [-0.2, 0) is 17.6 Å². The highest BCUT2D eigenvalue weighted by molar-refractivity contribution is 5.80. The molecule has 0 saturated heterocycles. The number of para-hydroxylation sites is 1. The van der Waals surface area contributed by atoms with Crippen molar-refractivity contribution in [2.75, 3.05) is 0 Å². The van der Waals surface area contributed by atoms with E-state index in [1.54, 1.807) is 18.2 Å². The number of carbonyl (C=O) groups excluding carboxylic acids is 1. The number of carbonyl (C=O) groups is 1. The molecule has 6 heteroatoms. The Morgan fingerprint density at radius 1 is 1.22 bits per heavy atom. The number of benzene rings is 2. The summed E-state index contributed by atoms with van der Waals surface area (Å²) in [5, 5.41) is 23.9. The normalized spacial score (nSPS) is 19.2. The van der Waals surface area contributed by atoms with Crippen LogP contribution in [0.4, 0.5) is 5.69 Å². The second-order valence-electron chi connectivity index (χ2n) is 5.58. The number of hydrogen-bond acceptors (Lipinski definition) is 4. The van der Waals surface area contributed by atoms with E-state index in [-0.39, 0.29) is 18.0 Å². The number of nitrogens with zero attached hydrogens (tertiary/aromatic N) is 1. The lowest BCUT2D eigenvalue weighted by Gasteiger charge is -2.18. The Balaban J connectivity index is 1.75. The summed E-state index contributed by atoms with van der Waals surface area (Å²) >= 11 is 0. The van der Waals surface area contributed by atoms with Crippen molar-refractivity contribution in [3.8, 4) is 0 Å². The molecule has 2 aromatic rings. The molecular weight excluding hydrogens is 296 g/mol. The summed E-state index contributed by atoms with van der Waals surface area (Å²) in [7, 11) is 0. The summed E-state index contributed by atoms with van der Waals surface area (Å²) in [4.78, 5) is 22.8. The Bertz CT molecular complexity index is 760. The minimum Gasteiger partial charge on any atom is -0.390 e. The first kappa shape index (κ1) is 15.2. The van der Waals surface area contributed by atoms with Crippen molar-refractivity contribution in [3.63, 3.8) is 0 Å². The third kappa shape index (κ3) is 3.07. The fourth-order valence-electron chi connectivity index (χ4n) is 2.98. The van der Waals surface area contributed by atoms with Crippen LogP contribution in [0, 0.1) is 10.1 Å². The van der Waals surface area contributed by atoms with E-state index in [0.29, 0.717) is 12.0 Å². The van der Waals surface area contributed by atoms with Gasteiger partial charge in [-0.2, -0.15) is 0 Å².